The van der Waals surface area contributed by atoms with Gasteiger partial charge in [-0.25, -0.2) is 13.2 Å². The third kappa shape index (κ3) is 6.64. The van der Waals surface area contributed by atoms with Crippen LogP contribution >= 0.6 is 0 Å². The molecule has 2 aliphatic heterocycles. The Morgan fingerprint density at radius 3 is 2.43 bits per heavy atom. The number of nitrogens with zero attached hydrogens (tertiary/aromatic N) is 2. The van der Waals surface area contributed by atoms with Crippen molar-refractivity contribution in [1.82, 2.24) is 14.6 Å². The summed E-state index contributed by atoms with van der Waals surface area (Å²) in [6.45, 7) is 1.37. The highest BCUT2D eigenvalue weighted by Gasteiger charge is 2.46. The Balaban J connectivity index is 0.000000396. The first-order valence-corrected chi connectivity index (χ1v) is 10.8. The molecule has 2 saturated heterocycles. The maximum atomic E-state index is 12.3. The third-order valence-corrected chi connectivity index (χ3v) is 6.01. The number of nitrogens with one attached hydrogen (secondary N) is 1. The van der Waals surface area contributed by atoms with E-state index in [0.717, 1.165) is 6.42 Å². The number of pyridine rings is 1. The summed E-state index contributed by atoms with van der Waals surface area (Å²) in [5.41, 5.74) is 0.0991. The van der Waals surface area contributed by atoms with Gasteiger partial charge in [-0.3, -0.25) is 9.78 Å². The highest BCUT2D eigenvalue weighted by atomic mass is 32.2. The Labute approximate surface area is 171 Å². The Bertz CT molecular complexity index is 865. The van der Waals surface area contributed by atoms with Crippen molar-refractivity contribution in [2.45, 2.75) is 37.1 Å². The maximum Gasteiger partial charge on any atom is 0.490 e. The lowest BCUT2D eigenvalue weighted by molar-refractivity contribution is -0.192. The summed E-state index contributed by atoms with van der Waals surface area (Å²) in [5.74, 6) is -2.89. The summed E-state index contributed by atoms with van der Waals surface area (Å²) < 4.78 is 62.5. The van der Waals surface area contributed by atoms with Crippen molar-refractivity contribution in [2.24, 2.45) is 0 Å². The first kappa shape index (κ1) is 24.0. The van der Waals surface area contributed by atoms with E-state index < -0.39 is 27.8 Å². The van der Waals surface area contributed by atoms with Crippen LogP contribution in [0.1, 0.15) is 29.6 Å². The lowest BCUT2D eigenvalue weighted by Gasteiger charge is -2.38. The molecule has 9 nitrogen and oxygen atoms in total. The number of carboxylic acid groups (broad SMARTS) is 1. The Morgan fingerprint density at radius 1 is 1.33 bits per heavy atom. The van der Waals surface area contributed by atoms with Crippen molar-refractivity contribution in [1.29, 1.82) is 0 Å². The average molecular weight is 453 g/mol. The third-order valence-electron chi connectivity index (χ3n) is 4.76. The zero-order chi connectivity index (χ0) is 22.6. The summed E-state index contributed by atoms with van der Waals surface area (Å²) in [4.78, 5) is 25.1. The molecule has 3 rings (SSSR count). The highest BCUT2D eigenvalue weighted by molar-refractivity contribution is 7.88. The second-order valence-corrected chi connectivity index (χ2v) is 9.06. The zero-order valence-corrected chi connectivity index (χ0v) is 16.9. The molecule has 1 aromatic heterocycles. The summed E-state index contributed by atoms with van der Waals surface area (Å²) >= 11 is 0. The second kappa shape index (κ2) is 9.27. The number of alkyl halides is 3. The molecule has 2 aliphatic rings. The molecular weight excluding hydrogens is 431 g/mol. The molecule has 0 aromatic carbocycles. The maximum absolute atomic E-state index is 12.3. The molecule has 1 amide bonds. The number of sulfonamides is 1. The van der Waals surface area contributed by atoms with Gasteiger partial charge in [-0.05, 0) is 31.4 Å². The van der Waals surface area contributed by atoms with Crippen molar-refractivity contribution >= 4 is 21.9 Å². The molecule has 168 valence electrons. The lowest BCUT2D eigenvalue weighted by Crippen LogP contribution is -2.50. The fourth-order valence-electron chi connectivity index (χ4n) is 3.30. The molecule has 1 spiro atoms. The van der Waals surface area contributed by atoms with E-state index in [-0.39, 0.29) is 11.9 Å². The molecule has 30 heavy (non-hydrogen) atoms. The van der Waals surface area contributed by atoms with Crippen LogP contribution in [0.4, 0.5) is 13.2 Å². The molecule has 2 fully saturated rings. The molecule has 2 N–H and O–H groups in total. The van der Waals surface area contributed by atoms with Crippen LogP contribution in [0.15, 0.2) is 24.5 Å². The van der Waals surface area contributed by atoms with Gasteiger partial charge in [-0.2, -0.15) is 17.5 Å². The smallest absolute Gasteiger partial charge is 0.475 e. The van der Waals surface area contributed by atoms with Gasteiger partial charge in [0, 0.05) is 43.7 Å². The second-order valence-electron chi connectivity index (χ2n) is 7.08. The summed E-state index contributed by atoms with van der Waals surface area (Å²) in [5, 5.41) is 10.2. The van der Waals surface area contributed by atoms with Gasteiger partial charge in [0.15, 0.2) is 0 Å². The minimum Gasteiger partial charge on any atom is -0.475 e. The van der Waals surface area contributed by atoms with E-state index in [1.54, 1.807) is 24.5 Å². The van der Waals surface area contributed by atoms with Crippen molar-refractivity contribution in [3.63, 3.8) is 0 Å². The number of amides is 1. The fourth-order valence-corrected chi connectivity index (χ4v) is 4.19. The normalized spacial score (nSPS) is 24.7. The van der Waals surface area contributed by atoms with Gasteiger partial charge in [0.2, 0.25) is 10.0 Å². The summed E-state index contributed by atoms with van der Waals surface area (Å²) in [6, 6.07) is 3.33. The van der Waals surface area contributed by atoms with E-state index in [0.29, 0.717) is 38.1 Å². The number of ether oxygens (including phenoxy) is 1. The van der Waals surface area contributed by atoms with Crippen LogP contribution in [0.2, 0.25) is 0 Å². The number of carbonyl (C=O) groups excluding carboxylic acids is 1. The van der Waals surface area contributed by atoms with Gasteiger partial charge in [-0.15, -0.1) is 0 Å². The minimum absolute atomic E-state index is 0.0103. The lowest BCUT2D eigenvalue weighted by atomic mass is 9.89. The van der Waals surface area contributed by atoms with Crippen molar-refractivity contribution in [2.75, 3.05) is 26.0 Å². The molecule has 1 aromatic rings. The van der Waals surface area contributed by atoms with E-state index >= 15 is 0 Å². The van der Waals surface area contributed by atoms with Gasteiger partial charge >= 0.3 is 12.1 Å². The van der Waals surface area contributed by atoms with Gasteiger partial charge in [0.25, 0.3) is 5.91 Å². The van der Waals surface area contributed by atoms with E-state index in [9.17, 15) is 26.4 Å². The molecule has 0 aliphatic carbocycles. The molecule has 13 heteroatoms. The van der Waals surface area contributed by atoms with Crippen molar-refractivity contribution < 1.29 is 41.0 Å². The largest absolute Gasteiger partial charge is 0.490 e. The first-order chi connectivity index (χ1) is 13.8. The fraction of sp³-hybridized carbons (Fsp3) is 0.588. The van der Waals surface area contributed by atoms with Crippen LogP contribution < -0.4 is 5.32 Å². The monoisotopic (exact) mass is 453 g/mol. The number of aliphatic carboxylic acids is 1. The van der Waals surface area contributed by atoms with Gasteiger partial charge in [-0.1, -0.05) is 0 Å². The molecule has 0 bridgehead atoms. The van der Waals surface area contributed by atoms with Gasteiger partial charge < -0.3 is 15.2 Å². The van der Waals surface area contributed by atoms with Crippen LogP contribution in [0.5, 0.6) is 0 Å². The number of halogens is 3. The Kier molecular flexibility index (Phi) is 7.42. The van der Waals surface area contributed by atoms with Gasteiger partial charge in [0.1, 0.15) is 0 Å². The van der Waals surface area contributed by atoms with Crippen LogP contribution in [-0.2, 0) is 19.6 Å². The first-order valence-electron chi connectivity index (χ1n) is 8.92. The van der Waals surface area contributed by atoms with Crippen LogP contribution in [0.25, 0.3) is 0 Å². The molecule has 3 heterocycles. The number of rotatable bonds is 3. The van der Waals surface area contributed by atoms with Crippen molar-refractivity contribution in [3.8, 4) is 0 Å². The quantitative estimate of drug-likeness (QED) is 0.700. The average Bonchev–Trinajstić information content (AvgIpc) is 3.06. The Hall–Kier alpha value is -2.25. The summed E-state index contributed by atoms with van der Waals surface area (Å²) in [7, 11) is -3.20. The number of carboxylic acids is 1. The minimum atomic E-state index is -5.08. The van der Waals surface area contributed by atoms with E-state index in [1.165, 1.54) is 10.6 Å². The van der Waals surface area contributed by atoms with E-state index in [2.05, 4.69) is 10.3 Å². The van der Waals surface area contributed by atoms with Crippen molar-refractivity contribution in [3.05, 3.63) is 30.1 Å². The van der Waals surface area contributed by atoms with Crippen LogP contribution in [-0.4, -0.2) is 78.5 Å². The standard InChI is InChI=1S/C15H21N3O4S.C2HF3O2/c1-23(20,21)18-8-5-15(11-18)10-13(4-9-22-15)17-14(19)12-2-6-16-7-3-12;3-2(4,5)1(6)7/h2-3,6-7,13H,4-5,8-11H2,1H3,(H,17,19);(H,6,7)/t13-,15-;/m1./s1. The van der Waals surface area contributed by atoms with E-state index in [1.807, 2.05) is 0 Å². The number of carbonyl (C=O) groups is 2. The summed E-state index contributed by atoms with van der Waals surface area (Å²) in [6.07, 6.45) is 1.34. The predicted octanol–water partition coefficient (Wildman–Crippen LogP) is 1.03. The number of hydrogen-bond acceptors (Lipinski definition) is 6. The molecular formula is C17H22F3N3O6S. The zero-order valence-electron chi connectivity index (χ0n) is 16.1. The predicted molar refractivity (Wildman–Crippen MR) is 98.1 cm³/mol. The Morgan fingerprint density at radius 2 is 1.93 bits per heavy atom. The van der Waals surface area contributed by atoms with Crippen LogP contribution in [0.3, 0.4) is 0 Å². The molecule has 0 saturated carbocycles. The SMILES string of the molecule is CS(=O)(=O)N1CC[C@@]2(C[C@H](NC(=O)c3ccncc3)CCO2)C1.O=C(O)C(F)(F)F. The molecule has 0 radical (unpaired) electrons. The van der Waals surface area contributed by atoms with Gasteiger partial charge in [0.05, 0.1) is 11.9 Å². The molecule has 0 unspecified atom stereocenters. The highest BCUT2D eigenvalue weighted by Crippen LogP contribution is 2.35. The van der Waals surface area contributed by atoms with E-state index in [4.69, 9.17) is 14.6 Å². The topological polar surface area (TPSA) is 126 Å². The molecule has 2 atom stereocenters. The number of aromatic nitrogens is 1. The van der Waals surface area contributed by atoms with Crippen LogP contribution in [0, 0.1) is 0 Å². The number of hydrogen-bond donors (Lipinski definition) is 2.